The van der Waals surface area contributed by atoms with E-state index in [4.69, 9.17) is 24.2 Å². The number of aromatic nitrogens is 5. The van der Waals surface area contributed by atoms with Crippen LogP contribution in [0.25, 0.3) is 10.8 Å². The lowest BCUT2D eigenvalue weighted by molar-refractivity contribution is 0.0512. The van der Waals surface area contributed by atoms with Crippen molar-refractivity contribution in [3.63, 3.8) is 0 Å². The maximum atomic E-state index is 15.3. The molecule has 8 rings (SSSR count). The van der Waals surface area contributed by atoms with Crippen LogP contribution in [0.4, 0.5) is 20.3 Å². The summed E-state index contributed by atoms with van der Waals surface area (Å²) in [6, 6.07) is 7.48. The minimum Gasteiger partial charge on any atom is -0.467 e. The summed E-state index contributed by atoms with van der Waals surface area (Å²) in [5.74, 6) is 1.20. The average Bonchev–Trinajstić information content (AvgIpc) is 3.74. The molecule has 6 heterocycles. The summed E-state index contributed by atoms with van der Waals surface area (Å²) < 4.78 is 49.3. The van der Waals surface area contributed by atoms with Crippen molar-refractivity contribution in [1.29, 1.82) is 0 Å². The van der Waals surface area contributed by atoms with Gasteiger partial charge in [-0.15, -0.1) is 5.10 Å². The Hall–Kier alpha value is -4.14. The number of alkyl halides is 1. The van der Waals surface area contributed by atoms with Gasteiger partial charge in [-0.25, -0.2) is 13.5 Å². The lowest BCUT2D eigenvalue weighted by Gasteiger charge is -2.35. The molecule has 2 saturated heterocycles. The number of hydrogen-bond donors (Lipinski definition) is 1. The van der Waals surface area contributed by atoms with E-state index in [0.717, 1.165) is 71.6 Å². The lowest BCUT2D eigenvalue weighted by Crippen LogP contribution is -2.43. The second-order valence-electron chi connectivity index (χ2n) is 13.9. The molecule has 1 N–H and O–H groups in total. The van der Waals surface area contributed by atoms with Gasteiger partial charge < -0.3 is 29.1 Å². The molecule has 14 heteroatoms. The zero-order valence-electron chi connectivity index (χ0n) is 28.7. The number of benzene rings is 2. The van der Waals surface area contributed by atoms with E-state index < -0.39 is 6.17 Å². The lowest BCUT2D eigenvalue weighted by atomic mass is 9.95. The van der Waals surface area contributed by atoms with Gasteiger partial charge in [0, 0.05) is 62.4 Å². The predicted molar refractivity (Wildman–Crippen MR) is 183 cm³/mol. The molecule has 4 aliphatic rings. The van der Waals surface area contributed by atoms with Crippen LogP contribution >= 0.6 is 0 Å². The first-order chi connectivity index (χ1) is 24.4. The molecule has 50 heavy (non-hydrogen) atoms. The average molecular weight is 691 g/mol. The number of hydrogen-bond acceptors (Lipinski definition) is 11. The third-order valence-corrected chi connectivity index (χ3v) is 10.9. The SMILES string of the molecule is CCc1c(F)ccc2cc(OCOC)cc(N3CCc4c(nc(OC[C@@]56CCCN5C[C@H](F)C6)nc4N4CCCn5nnc(CO)c5C4)C3)c12. The van der Waals surface area contributed by atoms with Gasteiger partial charge in [0.2, 0.25) is 0 Å². The first-order valence-corrected chi connectivity index (χ1v) is 17.7. The summed E-state index contributed by atoms with van der Waals surface area (Å²) in [4.78, 5) is 16.8. The van der Waals surface area contributed by atoms with Crippen LogP contribution < -0.4 is 19.3 Å². The van der Waals surface area contributed by atoms with Crippen LogP contribution in [-0.2, 0) is 43.8 Å². The molecule has 0 aliphatic carbocycles. The van der Waals surface area contributed by atoms with E-state index in [2.05, 4.69) is 25.0 Å². The normalized spacial score (nSPS) is 22.1. The highest BCUT2D eigenvalue weighted by Crippen LogP contribution is 2.42. The molecule has 2 aromatic carbocycles. The van der Waals surface area contributed by atoms with Gasteiger partial charge in [0.05, 0.1) is 36.6 Å². The molecule has 4 aromatic rings. The summed E-state index contributed by atoms with van der Waals surface area (Å²) in [6.45, 7) is 6.51. The van der Waals surface area contributed by atoms with Gasteiger partial charge in [-0.2, -0.15) is 9.97 Å². The van der Waals surface area contributed by atoms with Crippen LogP contribution in [0.1, 0.15) is 60.8 Å². The Morgan fingerprint density at radius 2 is 1.94 bits per heavy atom. The van der Waals surface area contributed by atoms with Crippen LogP contribution in [0.2, 0.25) is 0 Å². The van der Waals surface area contributed by atoms with E-state index in [-0.39, 0.29) is 30.8 Å². The van der Waals surface area contributed by atoms with Crippen LogP contribution in [0.15, 0.2) is 24.3 Å². The maximum Gasteiger partial charge on any atom is 0.318 e. The van der Waals surface area contributed by atoms with Crippen molar-refractivity contribution < 1.29 is 28.1 Å². The molecule has 2 fully saturated rings. The Labute approximate surface area is 289 Å². The summed E-state index contributed by atoms with van der Waals surface area (Å²) >= 11 is 0. The minimum atomic E-state index is -0.861. The quantitative estimate of drug-likeness (QED) is 0.240. The number of nitrogens with zero attached hydrogens (tertiary/aromatic N) is 8. The largest absolute Gasteiger partial charge is 0.467 e. The van der Waals surface area contributed by atoms with Crippen molar-refractivity contribution in [1.82, 2.24) is 29.9 Å². The van der Waals surface area contributed by atoms with Gasteiger partial charge in [-0.3, -0.25) is 4.90 Å². The molecule has 0 amide bonds. The van der Waals surface area contributed by atoms with Gasteiger partial charge in [0.1, 0.15) is 35.9 Å². The Balaban J connectivity index is 1.19. The highest BCUT2D eigenvalue weighted by molar-refractivity contribution is 5.98. The molecule has 266 valence electrons. The van der Waals surface area contributed by atoms with Crippen molar-refractivity contribution in [2.75, 3.05) is 56.5 Å². The van der Waals surface area contributed by atoms with Gasteiger partial charge in [-0.1, -0.05) is 18.2 Å². The number of halogens is 2. The van der Waals surface area contributed by atoms with Gasteiger partial charge >= 0.3 is 6.01 Å². The molecular formula is C36H44F2N8O4. The topological polar surface area (TPSA) is 114 Å². The number of aliphatic hydroxyl groups excluding tert-OH is 1. The molecule has 0 saturated carbocycles. The molecule has 0 radical (unpaired) electrons. The van der Waals surface area contributed by atoms with Crippen molar-refractivity contribution in [2.45, 2.75) is 83.4 Å². The van der Waals surface area contributed by atoms with Crippen LogP contribution in [0.3, 0.4) is 0 Å². The fourth-order valence-corrected chi connectivity index (χ4v) is 8.53. The summed E-state index contributed by atoms with van der Waals surface area (Å²) in [7, 11) is 1.58. The molecule has 0 unspecified atom stereocenters. The summed E-state index contributed by atoms with van der Waals surface area (Å²) in [6.07, 6.45) is 3.51. The Morgan fingerprint density at radius 3 is 2.78 bits per heavy atom. The van der Waals surface area contributed by atoms with Crippen molar-refractivity contribution in [2.24, 2.45) is 0 Å². The van der Waals surface area contributed by atoms with Gasteiger partial charge in [-0.05, 0) is 61.7 Å². The second-order valence-corrected chi connectivity index (χ2v) is 13.9. The maximum absolute atomic E-state index is 15.3. The van der Waals surface area contributed by atoms with Gasteiger partial charge in [0.25, 0.3) is 0 Å². The van der Waals surface area contributed by atoms with Crippen molar-refractivity contribution in [3.8, 4) is 11.8 Å². The molecule has 0 bridgehead atoms. The number of rotatable bonds is 10. The van der Waals surface area contributed by atoms with E-state index in [9.17, 15) is 9.50 Å². The van der Waals surface area contributed by atoms with E-state index >= 15 is 4.39 Å². The number of fused-ring (bicyclic) bond motifs is 4. The molecular weight excluding hydrogens is 646 g/mol. The summed E-state index contributed by atoms with van der Waals surface area (Å²) in [5, 5.41) is 20.3. The molecule has 4 aliphatic heterocycles. The number of anilines is 2. The highest BCUT2D eigenvalue weighted by Gasteiger charge is 2.49. The highest BCUT2D eigenvalue weighted by atomic mass is 19.1. The van der Waals surface area contributed by atoms with E-state index in [1.165, 1.54) is 6.07 Å². The first-order valence-electron chi connectivity index (χ1n) is 17.7. The van der Waals surface area contributed by atoms with Crippen molar-refractivity contribution >= 4 is 22.3 Å². The number of methoxy groups -OCH3 is 1. The van der Waals surface area contributed by atoms with E-state index in [0.29, 0.717) is 75.6 Å². The Morgan fingerprint density at radius 1 is 1.04 bits per heavy atom. The molecule has 2 atom stereocenters. The van der Waals surface area contributed by atoms with Crippen LogP contribution in [0, 0.1) is 5.82 Å². The number of aryl methyl sites for hydroxylation is 2. The molecule has 2 aromatic heterocycles. The van der Waals surface area contributed by atoms with Crippen LogP contribution in [0.5, 0.6) is 11.8 Å². The zero-order valence-corrected chi connectivity index (χ0v) is 28.7. The third kappa shape index (κ3) is 5.90. The monoisotopic (exact) mass is 690 g/mol. The molecule has 0 spiro atoms. The Bertz CT molecular complexity index is 1890. The number of ether oxygens (including phenoxy) is 3. The van der Waals surface area contributed by atoms with Crippen molar-refractivity contribution in [3.05, 3.63) is 58.3 Å². The standard InChI is InChI=1S/C36H44F2N8O4/c1-3-26-28(38)7-6-23-14-25(50-22-48-2)15-31(33(23)26)43-13-8-27-29(18-43)39-35(49-21-36-9-4-11-45(36)17-24(37)16-36)40-34(27)44-10-5-12-46-32(19-44)30(20-47)41-42-46/h6-7,14-15,24,47H,3-5,8-13,16-22H2,1-2H3/t24-,36+/m1/s1. The van der Waals surface area contributed by atoms with E-state index in [1.54, 1.807) is 13.2 Å². The minimum absolute atomic E-state index is 0.0945. The van der Waals surface area contributed by atoms with Gasteiger partial charge in [0.15, 0.2) is 6.79 Å². The van der Waals surface area contributed by atoms with E-state index in [1.807, 2.05) is 23.7 Å². The fourth-order valence-electron chi connectivity index (χ4n) is 8.53. The number of aliphatic hydroxyl groups is 1. The molecule has 12 nitrogen and oxygen atoms in total. The predicted octanol–water partition coefficient (Wildman–Crippen LogP) is 4.33. The fraction of sp³-hybridized carbons (Fsp3) is 0.556. The smallest absolute Gasteiger partial charge is 0.318 e. The zero-order chi connectivity index (χ0) is 34.4. The summed E-state index contributed by atoms with van der Waals surface area (Å²) in [5.41, 5.74) is 4.48. The third-order valence-electron chi connectivity index (χ3n) is 10.9. The van der Waals surface area contributed by atoms with Crippen LogP contribution in [-0.4, -0.2) is 93.4 Å². The Kier molecular flexibility index (Phi) is 8.94. The first kappa shape index (κ1) is 33.0. The second kappa shape index (κ2) is 13.5.